The predicted octanol–water partition coefficient (Wildman–Crippen LogP) is 2.14. The summed E-state index contributed by atoms with van der Waals surface area (Å²) in [6, 6.07) is 4.38. The van der Waals surface area contributed by atoms with Crippen molar-refractivity contribution in [2.24, 2.45) is 0 Å². The van der Waals surface area contributed by atoms with E-state index in [1.165, 1.54) is 6.07 Å². The number of ether oxygens (including phenoxy) is 1. The van der Waals surface area contributed by atoms with Gasteiger partial charge in [-0.05, 0) is 25.5 Å². The van der Waals surface area contributed by atoms with Gasteiger partial charge in [0.1, 0.15) is 11.4 Å². The average Bonchev–Trinajstić information content (AvgIpc) is 2.73. The summed E-state index contributed by atoms with van der Waals surface area (Å²) in [6.07, 6.45) is 0.827. The molecule has 5 heteroatoms. The average molecular weight is 253 g/mol. The molecule has 18 heavy (non-hydrogen) atoms. The smallest absolute Gasteiger partial charge is 0.340 e. The molecule has 98 valence electrons. The fourth-order valence-corrected chi connectivity index (χ4v) is 2.43. The highest BCUT2D eigenvalue weighted by Gasteiger charge is 2.30. The third kappa shape index (κ3) is 2.18. The molecular formula is C13H16FNO3. The van der Waals surface area contributed by atoms with Gasteiger partial charge in [-0.15, -0.1) is 0 Å². The van der Waals surface area contributed by atoms with E-state index < -0.39 is 11.8 Å². The molecule has 0 saturated carbocycles. The van der Waals surface area contributed by atoms with Gasteiger partial charge in [0, 0.05) is 13.7 Å². The van der Waals surface area contributed by atoms with Crippen LogP contribution in [0.3, 0.4) is 0 Å². The molecule has 1 N–H and O–H groups in total. The first-order valence-corrected chi connectivity index (χ1v) is 5.88. The summed E-state index contributed by atoms with van der Waals surface area (Å²) in [6.45, 7) is 2.59. The Bertz CT molecular complexity index is 464. The molecular weight excluding hydrogens is 237 g/mol. The van der Waals surface area contributed by atoms with Gasteiger partial charge >= 0.3 is 5.97 Å². The van der Waals surface area contributed by atoms with Crippen molar-refractivity contribution >= 4 is 11.7 Å². The van der Waals surface area contributed by atoms with Crippen LogP contribution in [0.15, 0.2) is 18.2 Å². The molecule has 1 aromatic carbocycles. The standard InChI is InChI=1S/C13H16FNO3/c1-8-10(6-7-18-8)15(2)11-5-3-4-9(14)12(11)13(16)17/h3-5,8,10H,6-7H2,1-2H3,(H,16,17). The number of carboxylic acids is 1. The highest BCUT2D eigenvalue weighted by molar-refractivity contribution is 5.94. The van der Waals surface area contributed by atoms with Crippen molar-refractivity contribution in [3.63, 3.8) is 0 Å². The molecule has 1 aromatic rings. The summed E-state index contributed by atoms with van der Waals surface area (Å²) in [4.78, 5) is 12.9. The summed E-state index contributed by atoms with van der Waals surface area (Å²) in [5.74, 6) is -1.96. The normalized spacial score (nSPS) is 23.1. The molecule has 4 nitrogen and oxygen atoms in total. The van der Waals surface area contributed by atoms with Crippen LogP contribution in [0.5, 0.6) is 0 Å². The molecule has 1 heterocycles. The van der Waals surface area contributed by atoms with E-state index in [0.717, 1.165) is 12.5 Å². The highest BCUT2D eigenvalue weighted by Crippen LogP contribution is 2.28. The molecule has 1 aliphatic rings. The largest absolute Gasteiger partial charge is 0.478 e. The van der Waals surface area contributed by atoms with Gasteiger partial charge in [0.05, 0.1) is 17.8 Å². The Balaban J connectivity index is 2.38. The second kappa shape index (κ2) is 4.94. The highest BCUT2D eigenvalue weighted by atomic mass is 19.1. The summed E-state index contributed by atoms with van der Waals surface area (Å²) in [7, 11) is 1.77. The maximum Gasteiger partial charge on any atom is 0.340 e. The fraction of sp³-hybridized carbons (Fsp3) is 0.462. The van der Waals surface area contributed by atoms with Crippen molar-refractivity contribution in [1.82, 2.24) is 0 Å². The number of carboxylic acid groups (broad SMARTS) is 1. The molecule has 1 aliphatic heterocycles. The van der Waals surface area contributed by atoms with Crippen molar-refractivity contribution in [3.05, 3.63) is 29.6 Å². The first-order chi connectivity index (χ1) is 8.52. The zero-order valence-corrected chi connectivity index (χ0v) is 10.4. The fourth-order valence-electron chi connectivity index (χ4n) is 2.43. The van der Waals surface area contributed by atoms with Crippen molar-refractivity contribution in [2.75, 3.05) is 18.6 Å². The lowest BCUT2D eigenvalue weighted by Gasteiger charge is -2.29. The predicted molar refractivity (Wildman–Crippen MR) is 65.6 cm³/mol. The van der Waals surface area contributed by atoms with Crippen molar-refractivity contribution in [1.29, 1.82) is 0 Å². The van der Waals surface area contributed by atoms with E-state index in [4.69, 9.17) is 9.84 Å². The third-order valence-electron chi connectivity index (χ3n) is 3.42. The molecule has 0 radical (unpaired) electrons. The molecule has 2 rings (SSSR count). The van der Waals surface area contributed by atoms with E-state index >= 15 is 0 Å². The van der Waals surface area contributed by atoms with Gasteiger partial charge in [-0.25, -0.2) is 9.18 Å². The SMILES string of the molecule is CC1OCCC1N(C)c1cccc(F)c1C(=O)O. The number of anilines is 1. The first-order valence-electron chi connectivity index (χ1n) is 5.88. The van der Waals surface area contributed by atoms with Gasteiger partial charge in [-0.1, -0.05) is 6.07 Å². The van der Waals surface area contributed by atoms with E-state index in [-0.39, 0.29) is 17.7 Å². The van der Waals surface area contributed by atoms with Crippen LogP contribution in [0.4, 0.5) is 10.1 Å². The summed E-state index contributed by atoms with van der Waals surface area (Å²) >= 11 is 0. The van der Waals surface area contributed by atoms with Gasteiger partial charge < -0.3 is 14.7 Å². The Kier molecular flexibility index (Phi) is 3.52. The number of nitrogens with zero attached hydrogens (tertiary/aromatic N) is 1. The lowest BCUT2D eigenvalue weighted by molar-refractivity contribution is 0.0692. The second-order valence-electron chi connectivity index (χ2n) is 4.48. The number of hydrogen-bond acceptors (Lipinski definition) is 3. The van der Waals surface area contributed by atoms with Crippen molar-refractivity contribution in [3.8, 4) is 0 Å². The molecule has 0 spiro atoms. The van der Waals surface area contributed by atoms with Crippen LogP contribution in [0.2, 0.25) is 0 Å². The summed E-state index contributed by atoms with van der Waals surface area (Å²) in [5.41, 5.74) is 0.115. The molecule has 0 bridgehead atoms. The maximum absolute atomic E-state index is 13.6. The lowest BCUT2D eigenvalue weighted by atomic mass is 10.1. The Labute approximate surface area is 105 Å². The Morgan fingerprint density at radius 3 is 2.83 bits per heavy atom. The van der Waals surface area contributed by atoms with E-state index in [1.807, 2.05) is 6.92 Å². The zero-order valence-electron chi connectivity index (χ0n) is 10.4. The second-order valence-corrected chi connectivity index (χ2v) is 4.48. The van der Waals surface area contributed by atoms with E-state index in [2.05, 4.69) is 0 Å². The van der Waals surface area contributed by atoms with Crippen molar-refractivity contribution < 1.29 is 19.0 Å². The topological polar surface area (TPSA) is 49.8 Å². The first kappa shape index (κ1) is 12.8. The molecule has 2 unspecified atom stereocenters. The Morgan fingerprint density at radius 2 is 2.28 bits per heavy atom. The quantitative estimate of drug-likeness (QED) is 0.896. The minimum atomic E-state index is -1.25. The van der Waals surface area contributed by atoms with E-state index in [1.54, 1.807) is 18.0 Å². The Morgan fingerprint density at radius 1 is 1.56 bits per heavy atom. The molecule has 2 atom stereocenters. The van der Waals surface area contributed by atoms with Gasteiger partial charge in [0.2, 0.25) is 0 Å². The van der Waals surface area contributed by atoms with Gasteiger partial charge in [0.15, 0.2) is 0 Å². The number of hydrogen-bond donors (Lipinski definition) is 1. The van der Waals surface area contributed by atoms with Crippen LogP contribution in [-0.4, -0.2) is 36.9 Å². The van der Waals surface area contributed by atoms with Crippen molar-refractivity contribution in [2.45, 2.75) is 25.5 Å². The number of benzene rings is 1. The van der Waals surface area contributed by atoms with Gasteiger partial charge in [-0.2, -0.15) is 0 Å². The monoisotopic (exact) mass is 253 g/mol. The number of aromatic carboxylic acids is 1. The summed E-state index contributed by atoms with van der Waals surface area (Å²) in [5, 5.41) is 9.11. The molecule has 0 amide bonds. The number of likely N-dealkylation sites (N-methyl/N-ethyl adjacent to an activating group) is 1. The number of halogens is 1. The van der Waals surface area contributed by atoms with Crippen LogP contribution < -0.4 is 4.90 Å². The lowest BCUT2D eigenvalue weighted by Crippen LogP contribution is -2.37. The minimum Gasteiger partial charge on any atom is -0.478 e. The van der Waals surface area contributed by atoms with E-state index in [0.29, 0.717) is 12.3 Å². The number of rotatable bonds is 3. The number of carbonyl (C=O) groups is 1. The maximum atomic E-state index is 13.6. The van der Waals surface area contributed by atoms with Crippen LogP contribution in [-0.2, 0) is 4.74 Å². The molecule has 1 fully saturated rings. The van der Waals surface area contributed by atoms with Crippen LogP contribution in [0.25, 0.3) is 0 Å². The van der Waals surface area contributed by atoms with Crippen LogP contribution in [0.1, 0.15) is 23.7 Å². The van der Waals surface area contributed by atoms with Crippen LogP contribution in [0, 0.1) is 5.82 Å². The van der Waals surface area contributed by atoms with Gasteiger partial charge in [-0.3, -0.25) is 0 Å². The van der Waals surface area contributed by atoms with Crippen LogP contribution >= 0.6 is 0 Å². The molecule has 0 aromatic heterocycles. The molecule has 1 saturated heterocycles. The molecule has 0 aliphatic carbocycles. The zero-order chi connectivity index (χ0) is 13.3. The Hall–Kier alpha value is -1.62. The van der Waals surface area contributed by atoms with E-state index in [9.17, 15) is 9.18 Å². The van der Waals surface area contributed by atoms with Gasteiger partial charge in [0.25, 0.3) is 0 Å². The summed E-state index contributed by atoms with van der Waals surface area (Å²) < 4.78 is 19.1. The minimum absolute atomic E-state index is 0.0138. The third-order valence-corrected chi connectivity index (χ3v) is 3.42.